The lowest BCUT2D eigenvalue weighted by Gasteiger charge is -2.29. The SMILES string of the molecule is CCOC(=O)/C=C\C(=O)Nc1ccc(S(=O)(=O)N2CCC(C)CC2)cc1. The summed E-state index contributed by atoms with van der Waals surface area (Å²) in [4.78, 5) is 23.1. The smallest absolute Gasteiger partial charge is 0.330 e. The second-order valence-corrected chi connectivity index (χ2v) is 8.12. The van der Waals surface area contributed by atoms with Gasteiger partial charge in [0.1, 0.15) is 0 Å². The van der Waals surface area contributed by atoms with Crippen molar-refractivity contribution in [2.75, 3.05) is 25.0 Å². The predicted molar refractivity (Wildman–Crippen MR) is 98.0 cm³/mol. The van der Waals surface area contributed by atoms with E-state index >= 15 is 0 Å². The lowest BCUT2D eigenvalue weighted by atomic mass is 10.0. The van der Waals surface area contributed by atoms with E-state index in [1.54, 1.807) is 6.92 Å². The minimum Gasteiger partial charge on any atom is -0.463 e. The molecule has 2 rings (SSSR count). The van der Waals surface area contributed by atoms with Crippen molar-refractivity contribution >= 4 is 27.6 Å². The first-order valence-electron chi connectivity index (χ1n) is 8.59. The number of nitrogens with one attached hydrogen (secondary N) is 1. The van der Waals surface area contributed by atoms with Crippen LogP contribution in [0.25, 0.3) is 0 Å². The van der Waals surface area contributed by atoms with Gasteiger partial charge >= 0.3 is 5.97 Å². The highest BCUT2D eigenvalue weighted by Gasteiger charge is 2.27. The van der Waals surface area contributed by atoms with Gasteiger partial charge < -0.3 is 10.1 Å². The lowest BCUT2D eigenvalue weighted by molar-refractivity contribution is -0.137. The number of esters is 1. The molecule has 0 saturated carbocycles. The number of amides is 1. The lowest BCUT2D eigenvalue weighted by Crippen LogP contribution is -2.37. The Morgan fingerprint density at radius 2 is 1.81 bits per heavy atom. The molecule has 1 aliphatic heterocycles. The molecule has 1 heterocycles. The topological polar surface area (TPSA) is 92.8 Å². The van der Waals surface area contributed by atoms with Crippen molar-refractivity contribution in [1.82, 2.24) is 4.31 Å². The molecule has 1 aromatic carbocycles. The molecule has 0 spiro atoms. The molecule has 0 atom stereocenters. The molecule has 1 fully saturated rings. The van der Waals surface area contributed by atoms with Crippen LogP contribution in [0.3, 0.4) is 0 Å². The number of anilines is 1. The maximum absolute atomic E-state index is 12.6. The molecule has 1 aromatic rings. The Labute approximate surface area is 154 Å². The third-order valence-corrected chi connectivity index (χ3v) is 6.07. The van der Waals surface area contributed by atoms with Crippen molar-refractivity contribution in [2.45, 2.75) is 31.6 Å². The third-order valence-electron chi connectivity index (χ3n) is 4.16. The van der Waals surface area contributed by atoms with Crippen molar-refractivity contribution in [1.29, 1.82) is 0 Å². The number of hydrogen-bond donors (Lipinski definition) is 1. The Balaban J connectivity index is 1.99. The third kappa shape index (κ3) is 5.40. The molecule has 0 radical (unpaired) electrons. The van der Waals surface area contributed by atoms with Crippen LogP contribution >= 0.6 is 0 Å². The fourth-order valence-corrected chi connectivity index (χ4v) is 4.07. The second kappa shape index (κ2) is 8.95. The Bertz CT molecular complexity index is 763. The number of piperidine rings is 1. The number of sulfonamides is 1. The van der Waals surface area contributed by atoms with Crippen molar-refractivity contribution < 1.29 is 22.7 Å². The van der Waals surface area contributed by atoms with E-state index in [1.165, 1.54) is 28.6 Å². The number of rotatable bonds is 6. The van der Waals surface area contributed by atoms with Crippen molar-refractivity contribution in [3.05, 3.63) is 36.4 Å². The fourth-order valence-electron chi connectivity index (χ4n) is 2.60. The molecule has 0 unspecified atom stereocenters. The Hall–Kier alpha value is -2.19. The van der Waals surface area contributed by atoms with Crippen LogP contribution in [0.4, 0.5) is 5.69 Å². The van der Waals surface area contributed by atoms with Gasteiger partial charge in [0.25, 0.3) is 0 Å². The average Bonchev–Trinajstić information content (AvgIpc) is 2.61. The van der Waals surface area contributed by atoms with Crippen LogP contribution in [0.15, 0.2) is 41.3 Å². The molecule has 1 saturated heterocycles. The summed E-state index contributed by atoms with van der Waals surface area (Å²) in [6.45, 7) is 5.08. The van der Waals surface area contributed by atoms with Crippen LogP contribution in [0.1, 0.15) is 26.7 Å². The van der Waals surface area contributed by atoms with E-state index in [0.717, 1.165) is 25.0 Å². The van der Waals surface area contributed by atoms with Gasteiger partial charge in [0.2, 0.25) is 15.9 Å². The van der Waals surface area contributed by atoms with Gasteiger partial charge in [0.15, 0.2) is 0 Å². The molecule has 142 valence electrons. The highest BCUT2D eigenvalue weighted by molar-refractivity contribution is 7.89. The van der Waals surface area contributed by atoms with Gasteiger partial charge in [0.05, 0.1) is 11.5 Å². The fraction of sp³-hybridized carbons (Fsp3) is 0.444. The molecule has 1 N–H and O–H groups in total. The largest absolute Gasteiger partial charge is 0.463 e. The standard InChI is InChI=1S/C18H24N2O5S/c1-3-25-18(22)9-8-17(21)19-15-4-6-16(7-5-15)26(23,24)20-12-10-14(2)11-13-20/h4-9,14H,3,10-13H2,1-2H3,(H,19,21)/b9-8-. The highest BCUT2D eigenvalue weighted by atomic mass is 32.2. The van der Waals surface area contributed by atoms with Crippen LogP contribution in [0.5, 0.6) is 0 Å². The molecule has 7 nitrogen and oxygen atoms in total. The minimum absolute atomic E-state index is 0.201. The maximum atomic E-state index is 12.6. The molecular weight excluding hydrogens is 356 g/mol. The van der Waals surface area contributed by atoms with Gasteiger partial charge in [0, 0.05) is 30.9 Å². The van der Waals surface area contributed by atoms with Crippen molar-refractivity contribution in [2.24, 2.45) is 5.92 Å². The normalized spacial score (nSPS) is 16.5. The zero-order valence-electron chi connectivity index (χ0n) is 15.0. The van der Waals surface area contributed by atoms with Crippen molar-refractivity contribution in [3.8, 4) is 0 Å². The van der Waals surface area contributed by atoms with Crippen molar-refractivity contribution in [3.63, 3.8) is 0 Å². The van der Waals surface area contributed by atoms with Crippen LogP contribution in [-0.4, -0.2) is 44.3 Å². The minimum atomic E-state index is -3.51. The van der Waals surface area contributed by atoms with Crippen LogP contribution < -0.4 is 5.32 Å². The first-order valence-corrected chi connectivity index (χ1v) is 10.0. The number of carbonyl (C=O) groups is 2. The summed E-state index contributed by atoms with van der Waals surface area (Å²) in [6, 6.07) is 5.99. The first-order chi connectivity index (χ1) is 12.3. The van der Waals surface area contributed by atoms with Gasteiger partial charge in [-0.2, -0.15) is 4.31 Å². The van der Waals surface area contributed by atoms with Gasteiger partial charge in [-0.3, -0.25) is 4.79 Å². The Kier molecular flexibility index (Phi) is 6.93. The van der Waals surface area contributed by atoms with E-state index in [0.29, 0.717) is 24.7 Å². The molecule has 0 aliphatic carbocycles. The first kappa shape index (κ1) is 20.1. The summed E-state index contributed by atoms with van der Waals surface area (Å²) < 4.78 is 31.5. The van der Waals surface area contributed by atoms with E-state index in [9.17, 15) is 18.0 Å². The van der Waals surface area contributed by atoms with E-state index < -0.39 is 21.9 Å². The number of ether oxygens (including phenoxy) is 1. The molecule has 1 aliphatic rings. The van der Waals surface area contributed by atoms with Gasteiger partial charge in [-0.15, -0.1) is 0 Å². The quantitative estimate of drug-likeness (QED) is 0.603. The Morgan fingerprint density at radius 1 is 1.19 bits per heavy atom. The summed E-state index contributed by atoms with van der Waals surface area (Å²) in [5, 5.41) is 2.56. The summed E-state index contributed by atoms with van der Waals surface area (Å²) >= 11 is 0. The number of benzene rings is 1. The van der Waals surface area contributed by atoms with E-state index in [1.807, 2.05) is 0 Å². The van der Waals surface area contributed by atoms with Crippen LogP contribution in [0, 0.1) is 5.92 Å². The summed E-state index contributed by atoms with van der Waals surface area (Å²) in [5.41, 5.74) is 0.440. The van der Waals surface area contributed by atoms with E-state index in [4.69, 9.17) is 0 Å². The summed E-state index contributed by atoms with van der Waals surface area (Å²) in [7, 11) is -3.51. The van der Waals surface area contributed by atoms with E-state index in [2.05, 4.69) is 17.0 Å². The van der Waals surface area contributed by atoms with Crippen LogP contribution in [-0.2, 0) is 24.3 Å². The molecule has 0 bridgehead atoms. The second-order valence-electron chi connectivity index (χ2n) is 6.19. The zero-order valence-corrected chi connectivity index (χ0v) is 15.8. The Morgan fingerprint density at radius 3 is 2.38 bits per heavy atom. The van der Waals surface area contributed by atoms with Crippen LogP contribution in [0.2, 0.25) is 0 Å². The van der Waals surface area contributed by atoms with E-state index in [-0.39, 0.29) is 11.5 Å². The van der Waals surface area contributed by atoms with Gasteiger partial charge in [-0.1, -0.05) is 6.92 Å². The van der Waals surface area contributed by atoms with Gasteiger partial charge in [-0.05, 0) is 49.9 Å². The number of hydrogen-bond acceptors (Lipinski definition) is 5. The molecule has 1 amide bonds. The average molecular weight is 380 g/mol. The molecular formula is C18H24N2O5S. The molecule has 0 aromatic heterocycles. The zero-order chi connectivity index (χ0) is 19.2. The number of carbonyl (C=O) groups excluding carboxylic acids is 2. The maximum Gasteiger partial charge on any atom is 0.330 e. The molecule has 8 heteroatoms. The highest BCUT2D eigenvalue weighted by Crippen LogP contribution is 2.24. The number of nitrogens with zero attached hydrogens (tertiary/aromatic N) is 1. The monoisotopic (exact) mass is 380 g/mol. The molecule has 26 heavy (non-hydrogen) atoms. The summed E-state index contributed by atoms with van der Waals surface area (Å²) in [6.07, 6.45) is 3.83. The predicted octanol–water partition coefficient (Wildman–Crippen LogP) is 2.17. The summed E-state index contributed by atoms with van der Waals surface area (Å²) in [5.74, 6) is -0.555. The van der Waals surface area contributed by atoms with Gasteiger partial charge in [-0.25, -0.2) is 13.2 Å².